The molecule has 8 aromatic rings. The van der Waals surface area contributed by atoms with Crippen molar-refractivity contribution in [3.63, 3.8) is 0 Å². The van der Waals surface area contributed by atoms with E-state index in [1.807, 2.05) is 97.1 Å². The van der Waals surface area contributed by atoms with E-state index >= 15 is 0 Å². The maximum atomic E-state index is 11.0. The highest BCUT2D eigenvalue weighted by Gasteiger charge is 2.13. The van der Waals surface area contributed by atoms with E-state index in [-0.39, 0.29) is 11.4 Å². The molecule has 0 atom stereocenters. The number of nitro benzene ring substituents is 2. The molecule has 2 heterocycles. The van der Waals surface area contributed by atoms with Gasteiger partial charge in [-0.25, -0.2) is 9.97 Å². The molecule has 0 spiro atoms. The van der Waals surface area contributed by atoms with Gasteiger partial charge in [0.2, 0.25) is 0 Å². The van der Waals surface area contributed by atoms with E-state index < -0.39 is 9.85 Å². The van der Waals surface area contributed by atoms with Crippen LogP contribution in [0.4, 0.5) is 22.7 Å². The SMILES string of the molecule is Nc1ccc(-c2cc(-c3ccc(Br)cc3)cc(-c3ccc(N)cc3)n2)cc1.O=[N+]([O-])c1ccc(-c2cc(-c3ccc(Br)cc3)cc(-c3ccc([N+](=O)[O-])cc3)n2)cc1. The zero-order chi connectivity index (χ0) is 40.8. The van der Waals surface area contributed by atoms with Gasteiger partial charge in [0.1, 0.15) is 0 Å². The number of hydrogen-bond donors (Lipinski definition) is 2. The van der Waals surface area contributed by atoms with Crippen molar-refractivity contribution in [2.24, 2.45) is 0 Å². The van der Waals surface area contributed by atoms with Gasteiger partial charge >= 0.3 is 0 Å². The van der Waals surface area contributed by atoms with Gasteiger partial charge in [-0.2, -0.15) is 0 Å². The summed E-state index contributed by atoms with van der Waals surface area (Å²) in [6.07, 6.45) is 0. The predicted octanol–water partition coefficient (Wildman–Crippen LogP) is 12.7. The number of nitrogens with zero attached hydrogens (tertiary/aromatic N) is 4. The van der Waals surface area contributed by atoms with Gasteiger partial charge in [-0.15, -0.1) is 0 Å². The molecule has 0 amide bonds. The minimum Gasteiger partial charge on any atom is -0.399 e. The van der Waals surface area contributed by atoms with Gasteiger partial charge in [-0.05, 0) is 119 Å². The quantitative estimate of drug-likeness (QED) is 0.0864. The molecule has 0 bridgehead atoms. The van der Waals surface area contributed by atoms with Crippen molar-refractivity contribution in [3.8, 4) is 67.3 Å². The van der Waals surface area contributed by atoms with Gasteiger partial charge in [0.15, 0.2) is 0 Å². The molecule has 0 saturated carbocycles. The molecule has 0 saturated heterocycles. The van der Waals surface area contributed by atoms with Crippen LogP contribution in [0.1, 0.15) is 0 Å². The molecule has 0 aliphatic rings. The second-order valence-electron chi connectivity index (χ2n) is 13.1. The van der Waals surface area contributed by atoms with Crippen LogP contribution in [0.3, 0.4) is 0 Å². The van der Waals surface area contributed by atoms with Crippen LogP contribution in [0.5, 0.6) is 0 Å². The van der Waals surface area contributed by atoms with Crippen LogP contribution in [0.15, 0.2) is 179 Å². The van der Waals surface area contributed by atoms with Gasteiger partial charge in [0.05, 0.1) is 32.6 Å². The fourth-order valence-corrected chi connectivity index (χ4v) is 6.61. The maximum Gasteiger partial charge on any atom is 0.269 e. The first-order valence-corrected chi connectivity index (χ1v) is 19.4. The lowest BCUT2D eigenvalue weighted by Gasteiger charge is -2.11. The van der Waals surface area contributed by atoms with Gasteiger partial charge in [-0.3, -0.25) is 20.2 Å². The van der Waals surface area contributed by atoms with Crippen molar-refractivity contribution in [1.82, 2.24) is 9.97 Å². The molecule has 0 aliphatic heterocycles. The standard InChI is InChI=1S/C23H14BrN3O4.C23H18BrN3/c24-19-7-1-15(2-8-19)18-13-22(16-3-9-20(10-4-16)26(28)29)25-23(14-18)17-5-11-21(12-6-17)27(30)31;24-19-7-1-15(2-8-19)18-13-22(16-3-9-20(25)10-4-16)27-23(14-18)17-5-11-21(26)12-6-17/h1-14H;1-14H,25-26H2. The summed E-state index contributed by atoms with van der Waals surface area (Å²) in [6, 6.07) is 52.1. The van der Waals surface area contributed by atoms with Crippen molar-refractivity contribution in [2.45, 2.75) is 0 Å². The highest BCUT2D eigenvalue weighted by Crippen LogP contribution is 2.34. The third kappa shape index (κ3) is 9.49. The monoisotopic (exact) mass is 890 g/mol. The second-order valence-corrected chi connectivity index (χ2v) is 14.9. The van der Waals surface area contributed by atoms with Crippen LogP contribution >= 0.6 is 31.9 Å². The number of aromatic nitrogens is 2. The topological polar surface area (TPSA) is 164 Å². The second kappa shape index (κ2) is 17.4. The number of nitro groups is 2. The predicted molar refractivity (Wildman–Crippen MR) is 239 cm³/mol. The molecule has 10 nitrogen and oxygen atoms in total. The van der Waals surface area contributed by atoms with E-state index in [2.05, 4.69) is 56.1 Å². The van der Waals surface area contributed by atoms with Crippen LogP contribution < -0.4 is 11.5 Å². The average Bonchev–Trinajstić information content (AvgIpc) is 3.24. The molecule has 0 aliphatic carbocycles. The van der Waals surface area contributed by atoms with Gasteiger partial charge in [0, 0.05) is 66.8 Å². The maximum absolute atomic E-state index is 11.0. The smallest absolute Gasteiger partial charge is 0.269 e. The Labute approximate surface area is 350 Å². The third-order valence-electron chi connectivity index (χ3n) is 9.17. The Balaban J connectivity index is 0.000000178. The average molecular weight is 893 g/mol. The van der Waals surface area contributed by atoms with Gasteiger partial charge in [0.25, 0.3) is 11.4 Å². The first kappa shape index (κ1) is 39.2. The summed E-state index contributed by atoms with van der Waals surface area (Å²) in [5.41, 5.74) is 23.9. The normalized spacial score (nSPS) is 10.7. The third-order valence-corrected chi connectivity index (χ3v) is 10.2. The summed E-state index contributed by atoms with van der Waals surface area (Å²) in [7, 11) is 0. The number of non-ortho nitro benzene ring substituents is 2. The number of pyridine rings is 2. The number of nitrogen functional groups attached to an aromatic ring is 2. The van der Waals surface area contributed by atoms with Crippen molar-refractivity contribution in [1.29, 1.82) is 0 Å². The van der Waals surface area contributed by atoms with Crippen molar-refractivity contribution >= 4 is 54.6 Å². The number of rotatable bonds is 8. The van der Waals surface area contributed by atoms with Crippen molar-refractivity contribution in [3.05, 3.63) is 199 Å². The summed E-state index contributed by atoms with van der Waals surface area (Å²) in [6.45, 7) is 0. The molecule has 6 aromatic carbocycles. The van der Waals surface area contributed by atoms with Crippen LogP contribution in [0.25, 0.3) is 67.3 Å². The molecule has 2 aromatic heterocycles. The first-order chi connectivity index (χ1) is 28.0. The zero-order valence-electron chi connectivity index (χ0n) is 30.5. The van der Waals surface area contributed by atoms with E-state index in [1.165, 1.54) is 24.3 Å². The summed E-state index contributed by atoms with van der Waals surface area (Å²) in [4.78, 5) is 30.6. The van der Waals surface area contributed by atoms with Crippen LogP contribution in [-0.2, 0) is 0 Å². The molecule has 0 fully saturated rings. The lowest BCUT2D eigenvalue weighted by Crippen LogP contribution is -1.93. The number of hydrogen-bond acceptors (Lipinski definition) is 8. The van der Waals surface area contributed by atoms with Crippen LogP contribution in [-0.4, -0.2) is 19.8 Å². The molecule has 58 heavy (non-hydrogen) atoms. The summed E-state index contributed by atoms with van der Waals surface area (Å²) < 4.78 is 2.01. The molecule has 4 N–H and O–H groups in total. The van der Waals surface area contributed by atoms with Gasteiger partial charge < -0.3 is 11.5 Å². The fourth-order valence-electron chi connectivity index (χ4n) is 6.09. The van der Waals surface area contributed by atoms with E-state index in [0.717, 1.165) is 76.2 Å². The van der Waals surface area contributed by atoms with Gasteiger partial charge in [-0.1, -0.05) is 80.4 Å². The van der Waals surface area contributed by atoms with Crippen molar-refractivity contribution < 1.29 is 9.85 Å². The Hall–Kier alpha value is -7.02. The Bertz CT molecular complexity index is 2500. The Morgan fingerprint density at radius 1 is 0.362 bits per heavy atom. The fraction of sp³-hybridized carbons (Fsp3) is 0. The minimum atomic E-state index is -0.447. The van der Waals surface area contributed by atoms with E-state index in [9.17, 15) is 20.2 Å². The molecule has 284 valence electrons. The zero-order valence-corrected chi connectivity index (χ0v) is 33.7. The summed E-state index contributed by atoms with van der Waals surface area (Å²) in [5.74, 6) is 0. The number of nitrogens with two attached hydrogens (primary N) is 2. The highest BCUT2D eigenvalue weighted by atomic mass is 79.9. The molecular weight excluding hydrogens is 860 g/mol. The van der Waals surface area contributed by atoms with E-state index in [1.54, 1.807) is 24.3 Å². The Morgan fingerprint density at radius 3 is 0.862 bits per heavy atom. The lowest BCUT2D eigenvalue weighted by molar-refractivity contribution is -0.385. The van der Waals surface area contributed by atoms with Crippen molar-refractivity contribution in [2.75, 3.05) is 11.5 Å². The Morgan fingerprint density at radius 2 is 0.603 bits per heavy atom. The molecule has 0 unspecified atom stereocenters. The number of anilines is 2. The number of halogens is 2. The first-order valence-electron chi connectivity index (χ1n) is 17.8. The van der Waals surface area contributed by atoms with Crippen LogP contribution in [0.2, 0.25) is 0 Å². The largest absolute Gasteiger partial charge is 0.399 e. The Kier molecular flexibility index (Phi) is 11.8. The summed E-state index contributed by atoms with van der Waals surface area (Å²) in [5, 5.41) is 21.9. The van der Waals surface area contributed by atoms with E-state index in [4.69, 9.17) is 21.4 Å². The number of benzene rings is 6. The molecular formula is C46H32Br2N6O4. The molecule has 8 rings (SSSR count). The highest BCUT2D eigenvalue weighted by molar-refractivity contribution is 9.10. The summed E-state index contributed by atoms with van der Waals surface area (Å²) >= 11 is 6.93. The van der Waals surface area contributed by atoms with E-state index in [0.29, 0.717) is 11.4 Å². The minimum absolute atomic E-state index is 0.00315. The lowest BCUT2D eigenvalue weighted by atomic mass is 10.00. The van der Waals surface area contributed by atoms with Crippen LogP contribution in [0, 0.1) is 20.2 Å². The molecule has 12 heteroatoms. The molecule has 0 radical (unpaired) electrons.